The average molecular weight is 431 g/mol. The summed E-state index contributed by atoms with van der Waals surface area (Å²) >= 11 is 1.59. The molecule has 7 heteroatoms. The monoisotopic (exact) mass is 430 g/mol. The Morgan fingerprint density at radius 1 is 1.10 bits per heavy atom. The largest absolute Gasteiger partial charge is 0.492 e. The predicted molar refractivity (Wildman–Crippen MR) is 124 cm³/mol. The maximum absolute atomic E-state index is 6.08. The molecule has 2 heterocycles. The summed E-state index contributed by atoms with van der Waals surface area (Å²) in [7, 11) is 0. The zero-order chi connectivity index (χ0) is 20.6. The van der Waals surface area contributed by atoms with Gasteiger partial charge in [0, 0.05) is 31.1 Å². The Bertz CT molecular complexity index is 805. The lowest BCUT2D eigenvalue weighted by Crippen LogP contribution is -2.38. The van der Waals surface area contributed by atoms with Crippen LogP contribution in [0.5, 0.6) is 5.75 Å². The molecule has 0 atom stereocenters. The van der Waals surface area contributed by atoms with Gasteiger partial charge in [-0.15, -0.1) is 0 Å². The molecule has 6 nitrogen and oxygen atoms in total. The Morgan fingerprint density at radius 2 is 1.87 bits per heavy atom. The Balaban J connectivity index is 1.48. The lowest BCUT2D eigenvalue weighted by atomic mass is 9.96. The zero-order valence-corrected chi connectivity index (χ0v) is 18.9. The SMILES string of the molecule is CSc1nc(NC2CCCCCCC2)c2cc(OCCN3CCOCC3)ccc2n1. The predicted octanol–water partition coefficient (Wildman–Crippen LogP) is 4.59. The molecule has 1 saturated heterocycles. The van der Waals surface area contributed by atoms with Crippen molar-refractivity contribution in [3.63, 3.8) is 0 Å². The van der Waals surface area contributed by atoms with Crippen molar-refractivity contribution in [1.29, 1.82) is 0 Å². The van der Waals surface area contributed by atoms with Crippen LogP contribution in [0.25, 0.3) is 10.9 Å². The first-order valence-corrected chi connectivity index (χ1v) is 12.6. The first-order valence-electron chi connectivity index (χ1n) is 11.4. The molecule has 0 amide bonds. The van der Waals surface area contributed by atoms with Gasteiger partial charge in [0.05, 0.1) is 18.7 Å². The number of aromatic nitrogens is 2. The van der Waals surface area contributed by atoms with Gasteiger partial charge in [-0.3, -0.25) is 4.90 Å². The minimum Gasteiger partial charge on any atom is -0.492 e. The van der Waals surface area contributed by atoms with Gasteiger partial charge in [0.15, 0.2) is 5.16 Å². The molecule has 1 N–H and O–H groups in total. The first kappa shape index (κ1) is 21.7. The molecule has 164 valence electrons. The summed E-state index contributed by atoms with van der Waals surface area (Å²) in [4.78, 5) is 11.9. The third-order valence-corrected chi connectivity index (χ3v) is 6.60. The van der Waals surface area contributed by atoms with E-state index in [0.29, 0.717) is 12.6 Å². The molecule has 0 unspecified atom stereocenters. The van der Waals surface area contributed by atoms with Gasteiger partial charge in [0.2, 0.25) is 0 Å². The standard InChI is InChI=1S/C23H34N4O2S/c1-30-23-25-21-10-9-19(29-16-13-27-11-14-28-15-12-27)17-20(21)22(26-23)24-18-7-5-3-2-4-6-8-18/h9-10,17-18H,2-8,11-16H2,1H3,(H,24,25,26). The number of benzene rings is 1. The molecule has 0 radical (unpaired) electrons. The summed E-state index contributed by atoms with van der Waals surface area (Å²) in [6.45, 7) is 5.23. The lowest BCUT2D eigenvalue weighted by molar-refractivity contribution is 0.0322. The molecule has 2 aromatic rings. The van der Waals surface area contributed by atoms with Gasteiger partial charge < -0.3 is 14.8 Å². The number of nitrogens with zero attached hydrogens (tertiary/aromatic N) is 3. The van der Waals surface area contributed by atoms with Crippen LogP contribution in [-0.2, 0) is 4.74 Å². The third kappa shape index (κ3) is 5.99. The van der Waals surface area contributed by atoms with Crippen LogP contribution in [-0.4, -0.2) is 66.6 Å². The highest BCUT2D eigenvalue weighted by Crippen LogP contribution is 2.29. The number of ether oxygens (including phenoxy) is 2. The lowest BCUT2D eigenvalue weighted by Gasteiger charge is -2.26. The van der Waals surface area contributed by atoms with Crippen molar-refractivity contribution in [1.82, 2.24) is 14.9 Å². The number of hydrogen-bond acceptors (Lipinski definition) is 7. The second kappa shape index (κ2) is 11.2. The molecule has 1 aromatic carbocycles. The Morgan fingerprint density at radius 3 is 2.63 bits per heavy atom. The highest BCUT2D eigenvalue weighted by molar-refractivity contribution is 7.98. The van der Waals surface area contributed by atoms with Gasteiger partial charge in [-0.25, -0.2) is 9.97 Å². The normalized spacial score (nSPS) is 19.4. The number of morpholine rings is 1. The highest BCUT2D eigenvalue weighted by Gasteiger charge is 2.16. The van der Waals surface area contributed by atoms with Crippen molar-refractivity contribution in [2.45, 2.75) is 56.1 Å². The minimum atomic E-state index is 0.490. The zero-order valence-electron chi connectivity index (χ0n) is 18.1. The van der Waals surface area contributed by atoms with Crippen molar-refractivity contribution in [3.8, 4) is 5.75 Å². The molecule has 0 bridgehead atoms. The molecular weight excluding hydrogens is 396 g/mol. The van der Waals surface area contributed by atoms with E-state index < -0.39 is 0 Å². The maximum atomic E-state index is 6.08. The number of nitrogens with one attached hydrogen (secondary N) is 1. The Labute approximate surface area is 184 Å². The fourth-order valence-corrected chi connectivity index (χ4v) is 4.66. The summed E-state index contributed by atoms with van der Waals surface area (Å²) in [5.74, 6) is 1.84. The van der Waals surface area contributed by atoms with Crippen molar-refractivity contribution in [2.24, 2.45) is 0 Å². The average Bonchev–Trinajstić information content (AvgIpc) is 2.76. The van der Waals surface area contributed by atoms with Gasteiger partial charge in [-0.1, -0.05) is 43.9 Å². The van der Waals surface area contributed by atoms with Crippen LogP contribution in [0, 0.1) is 0 Å². The van der Waals surface area contributed by atoms with Gasteiger partial charge in [-0.2, -0.15) is 0 Å². The molecular formula is C23H34N4O2S. The van der Waals surface area contributed by atoms with Gasteiger partial charge in [0.1, 0.15) is 18.2 Å². The van der Waals surface area contributed by atoms with Crippen molar-refractivity contribution in [3.05, 3.63) is 18.2 Å². The van der Waals surface area contributed by atoms with Crippen LogP contribution in [0.1, 0.15) is 44.9 Å². The summed E-state index contributed by atoms with van der Waals surface area (Å²) in [6.07, 6.45) is 11.1. The molecule has 30 heavy (non-hydrogen) atoms. The topological polar surface area (TPSA) is 59.5 Å². The fourth-order valence-electron chi connectivity index (χ4n) is 4.29. The highest BCUT2D eigenvalue weighted by atomic mass is 32.2. The van der Waals surface area contributed by atoms with Crippen LogP contribution >= 0.6 is 11.8 Å². The van der Waals surface area contributed by atoms with Crippen LogP contribution in [0.15, 0.2) is 23.4 Å². The van der Waals surface area contributed by atoms with Crippen molar-refractivity contribution >= 4 is 28.5 Å². The Kier molecular flexibility index (Phi) is 8.06. The van der Waals surface area contributed by atoms with Crippen LogP contribution in [0.2, 0.25) is 0 Å². The van der Waals surface area contributed by atoms with E-state index in [1.165, 1.54) is 44.9 Å². The molecule has 1 saturated carbocycles. The quantitative estimate of drug-likeness (QED) is 0.509. The van der Waals surface area contributed by atoms with Gasteiger partial charge >= 0.3 is 0 Å². The summed E-state index contributed by atoms with van der Waals surface area (Å²) in [5.41, 5.74) is 0.975. The van der Waals surface area contributed by atoms with Crippen LogP contribution in [0.4, 0.5) is 5.82 Å². The molecule has 1 aliphatic carbocycles. The maximum Gasteiger partial charge on any atom is 0.189 e. The fraction of sp³-hybridized carbons (Fsp3) is 0.652. The Hall–Kier alpha value is -1.57. The van der Waals surface area contributed by atoms with E-state index in [-0.39, 0.29) is 0 Å². The molecule has 2 aliphatic rings. The van der Waals surface area contributed by atoms with E-state index in [1.54, 1.807) is 11.8 Å². The van der Waals surface area contributed by atoms with E-state index in [0.717, 1.165) is 60.5 Å². The van der Waals surface area contributed by atoms with E-state index in [2.05, 4.69) is 22.3 Å². The number of thioether (sulfide) groups is 1. The van der Waals surface area contributed by atoms with Gasteiger partial charge in [-0.05, 0) is 37.3 Å². The smallest absolute Gasteiger partial charge is 0.189 e. The van der Waals surface area contributed by atoms with Crippen LogP contribution < -0.4 is 10.1 Å². The van der Waals surface area contributed by atoms with Crippen LogP contribution in [0.3, 0.4) is 0 Å². The molecule has 2 fully saturated rings. The second-order valence-corrected chi connectivity index (χ2v) is 9.00. The number of rotatable bonds is 7. The molecule has 4 rings (SSSR count). The van der Waals surface area contributed by atoms with E-state index in [9.17, 15) is 0 Å². The number of fused-ring (bicyclic) bond motifs is 1. The number of hydrogen-bond donors (Lipinski definition) is 1. The molecule has 0 spiro atoms. The van der Waals surface area contributed by atoms with Gasteiger partial charge in [0.25, 0.3) is 0 Å². The summed E-state index contributed by atoms with van der Waals surface area (Å²) in [5, 5.41) is 5.63. The number of anilines is 1. The first-order chi connectivity index (χ1) is 14.8. The summed E-state index contributed by atoms with van der Waals surface area (Å²) < 4.78 is 11.5. The molecule has 1 aliphatic heterocycles. The van der Waals surface area contributed by atoms with E-state index in [4.69, 9.17) is 19.4 Å². The third-order valence-electron chi connectivity index (χ3n) is 6.06. The van der Waals surface area contributed by atoms with E-state index >= 15 is 0 Å². The van der Waals surface area contributed by atoms with Crippen molar-refractivity contribution < 1.29 is 9.47 Å². The van der Waals surface area contributed by atoms with E-state index in [1.807, 2.05) is 12.3 Å². The van der Waals surface area contributed by atoms with Crippen molar-refractivity contribution in [2.75, 3.05) is 51.0 Å². The molecule has 1 aromatic heterocycles. The summed E-state index contributed by atoms with van der Waals surface area (Å²) in [6, 6.07) is 6.68. The second-order valence-electron chi connectivity index (χ2n) is 8.23. The minimum absolute atomic E-state index is 0.490.